The van der Waals surface area contributed by atoms with Crippen LogP contribution in [0.4, 0.5) is 0 Å². The van der Waals surface area contributed by atoms with Crippen molar-refractivity contribution < 1.29 is 44.2 Å². The molecular weight excluding hydrogens is 480 g/mol. The van der Waals surface area contributed by atoms with E-state index in [0.29, 0.717) is 22.6 Å². The topological polar surface area (TPSA) is 81.1 Å². The van der Waals surface area contributed by atoms with E-state index in [1.807, 2.05) is 35.8 Å². The van der Waals surface area contributed by atoms with Gasteiger partial charge in [-0.1, -0.05) is 47.5 Å². The second-order valence-corrected chi connectivity index (χ2v) is 9.46. The fraction of sp³-hybridized carbons (Fsp3) is 0.0909. The Morgan fingerprint density at radius 1 is 1.06 bits per heavy atom. The van der Waals surface area contributed by atoms with Crippen molar-refractivity contribution in [2.24, 2.45) is 0 Å². The maximum Gasteiger partial charge on any atom is 1.00 e. The van der Waals surface area contributed by atoms with E-state index < -0.39 is 15.9 Å². The number of nitrogens with zero attached hydrogens (tertiary/aromatic N) is 2. The van der Waals surface area contributed by atoms with Crippen molar-refractivity contribution in [3.05, 3.63) is 93.7 Å². The van der Waals surface area contributed by atoms with Crippen molar-refractivity contribution in [1.82, 2.24) is 14.3 Å². The van der Waals surface area contributed by atoms with Crippen molar-refractivity contribution in [3.63, 3.8) is 0 Å². The second kappa shape index (κ2) is 9.95. The molecule has 0 aliphatic carbocycles. The molecule has 0 atom stereocenters. The summed E-state index contributed by atoms with van der Waals surface area (Å²) >= 11 is 12.2. The number of carbonyl (C=O) groups is 1. The van der Waals surface area contributed by atoms with E-state index in [2.05, 4.69) is 9.71 Å². The van der Waals surface area contributed by atoms with Gasteiger partial charge in [-0.15, -0.1) is 0 Å². The van der Waals surface area contributed by atoms with Crippen LogP contribution < -0.4 is 34.3 Å². The first kappa shape index (κ1) is 24.8. The standard InChI is InChI=1S/C22H17Cl2N3O3S.Na.H/c1-14-25-20-10-9-15(11-21(20)27(14)13-16-5-2-3-8-19(16)24)22(28)26-31(29,30)18-7-4-6-17(23)12-18;;/h2-12H,13H2,1H3,(H,26,28);;/q;+1;-1. The average molecular weight is 498 g/mol. The van der Waals surface area contributed by atoms with Crippen LogP contribution in [-0.2, 0) is 16.6 Å². The molecule has 0 aliphatic rings. The van der Waals surface area contributed by atoms with Gasteiger partial charge in [0.05, 0.1) is 22.5 Å². The summed E-state index contributed by atoms with van der Waals surface area (Å²) < 4.78 is 29.1. The van der Waals surface area contributed by atoms with Gasteiger partial charge in [-0.3, -0.25) is 4.79 Å². The van der Waals surface area contributed by atoms with Crippen LogP contribution in [0.2, 0.25) is 10.0 Å². The summed E-state index contributed by atoms with van der Waals surface area (Å²) in [6.07, 6.45) is 0. The molecule has 160 valence electrons. The van der Waals surface area contributed by atoms with Crippen LogP contribution in [-0.4, -0.2) is 23.9 Å². The van der Waals surface area contributed by atoms with Crippen LogP contribution in [0.15, 0.2) is 71.6 Å². The molecule has 0 spiro atoms. The van der Waals surface area contributed by atoms with Gasteiger partial charge in [0.15, 0.2) is 0 Å². The molecule has 0 saturated carbocycles. The molecule has 4 aromatic rings. The number of nitrogens with one attached hydrogen (secondary N) is 1. The van der Waals surface area contributed by atoms with Crippen molar-refractivity contribution in [1.29, 1.82) is 0 Å². The smallest absolute Gasteiger partial charge is 1.00 e. The number of hydrogen-bond acceptors (Lipinski definition) is 4. The van der Waals surface area contributed by atoms with E-state index in [1.54, 1.807) is 18.2 Å². The first-order valence-corrected chi connectivity index (χ1v) is 11.5. The molecule has 4 rings (SSSR count). The summed E-state index contributed by atoms with van der Waals surface area (Å²) in [4.78, 5) is 17.2. The Morgan fingerprint density at radius 3 is 2.53 bits per heavy atom. The number of carbonyl (C=O) groups excluding carboxylic acids is 1. The molecule has 1 amide bonds. The number of halogens is 2. The van der Waals surface area contributed by atoms with E-state index in [9.17, 15) is 13.2 Å². The van der Waals surface area contributed by atoms with Crippen LogP contribution in [0.3, 0.4) is 0 Å². The third-order valence-electron chi connectivity index (χ3n) is 4.82. The van der Waals surface area contributed by atoms with Gasteiger partial charge < -0.3 is 5.99 Å². The molecule has 6 nitrogen and oxygen atoms in total. The Kier molecular flexibility index (Phi) is 7.70. The Bertz CT molecular complexity index is 1430. The third kappa shape index (κ3) is 5.20. The van der Waals surface area contributed by atoms with Crippen molar-refractivity contribution in [2.75, 3.05) is 0 Å². The molecule has 0 radical (unpaired) electrons. The number of rotatable bonds is 5. The molecule has 0 saturated heterocycles. The first-order chi connectivity index (χ1) is 14.7. The fourth-order valence-electron chi connectivity index (χ4n) is 3.25. The van der Waals surface area contributed by atoms with Gasteiger partial charge in [0, 0.05) is 15.6 Å². The predicted octanol–water partition coefficient (Wildman–Crippen LogP) is 1.94. The summed E-state index contributed by atoms with van der Waals surface area (Å²) in [7, 11) is -4.07. The molecule has 1 aromatic heterocycles. The van der Waals surface area contributed by atoms with Gasteiger partial charge in [0.1, 0.15) is 5.82 Å². The van der Waals surface area contributed by atoms with E-state index in [4.69, 9.17) is 23.2 Å². The Labute approximate surface area is 219 Å². The van der Waals surface area contributed by atoms with E-state index in [-0.39, 0.29) is 46.5 Å². The Morgan fingerprint density at radius 2 is 1.81 bits per heavy atom. The maximum atomic E-state index is 12.7. The molecule has 3 aromatic carbocycles. The van der Waals surface area contributed by atoms with Gasteiger partial charge >= 0.3 is 29.6 Å². The zero-order chi connectivity index (χ0) is 22.2. The minimum absolute atomic E-state index is 0. The number of aryl methyl sites for hydroxylation is 1. The number of sulfonamides is 1. The minimum atomic E-state index is -4.07. The molecule has 32 heavy (non-hydrogen) atoms. The number of benzene rings is 3. The van der Waals surface area contributed by atoms with Gasteiger partial charge in [-0.25, -0.2) is 18.1 Å². The summed E-state index contributed by atoms with van der Waals surface area (Å²) in [5.41, 5.74) is 2.49. The molecule has 1 heterocycles. The predicted molar refractivity (Wildman–Crippen MR) is 122 cm³/mol. The number of imidazole rings is 1. The molecule has 0 unspecified atom stereocenters. The molecule has 0 fully saturated rings. The zero-order valence-corrected chi connectivity index (χ0v) is 21.7. The SMILES string of the molecule is Cc1nc2ccc(C(=O)NS(=O)(=O)c3cccc(Cl)c3)cc2n1Cc1ccccc1Cl.[H-].[Na+]. The van der Waals surface area contributed by atoms with Gasteiger partial charge in [-0.05, 0) is 55.0 Å². The fourth-order valence-corrected chi connectivity index (χ4v) is 4.73. The molecule has 0 bridgehead atoms. The van der Waals surface area contributed by atoms with Crippen LogP contribution in [0.1, 0.15) is 23.2 Å². The van der Waals surface area contributed by atoms with E-state index in [1.165, 1.54) is 24.3 Å². The quantitative estimate of drug-likeness (QED) is 0.427. The largest absolute Gasteiger partial charge is 1.00 e. The van der Waals surface area contributed by atoms with Gasteiger partial charge in [0.25, 0.3) is 15.9 Å². The summed E-state index contributed by atoms with van der Waals surface area (Å²) in [6, 6.07) is 18.0. The zero-order valence-electron chi connectivity index (χ0n) is 18.3. The Balaban J connectivity index is 0.00000193. The van der Waals surface area contributed by atoms with Crippen LogP contribution in [0, 0.1) is 6.92 Å². The number of hydrogen-bond donors (Lipinski definition) is 1. The van der Waals surface area contributed by atoms with Gasteiger partial charge in [-0.2, -0.15) is 0 Å². The van der Waals surface area contributed by atoms with Gasteiger partial charge in [0.2, 0.25) is 0 Å². The molecule has 10 heteroatoms. The van der Waals surface area contributed by atoms with Crippen molar-refractivity contribution in [3.8, 4) is 0 Å². The van der Waals surface area contributed by atoms with Crippen molar-refractivity contribution in [2.45, 2.75) is 18.4 Å². The molecule has 1 N–H and O–H groups in total. The average Bonchev–Trinajstić information content (AvgIpc) is 3.04. The van der Waals surface area contributed by atoms with E-state index >= 15 is 0 Å². The molecule has 0 aliphatic heterocycles. The minimum Gasteiger partial charge on any atom is -1.00 e. The first-order valence-electron chi connectivity index (χ1n) is 9.27. The third-order valence-corrected chi connectivity index (χ3v) is 6.75. The summed E-state index contributed by atoms with van der Waals surface area (Å²) in [5, 5.41) is 0.890. The van der Waals surface area contributed by atoms with E-state index in [0.717, 1.165) is 11.4 Å². The van der Waals surface area contributed by atoms with Crippen LogP contribution >= 0.6 is 23.2 Å². The van der Waals surface area contributed by atoms with Crippen LogP contribution in [0.5, 0.6) is 0 Å². The normalized spacial score (nSPS) is 11.2. The summed E-state index contributed by atoms with van der Waals surface area (Å²) in [5.74, 6) is 0.00375. The maximum absolute atomic E-state index is 12.7. The Hall–Kier alpha value is -1.87. The van der Waals surface area contributed by atoms with Crippen LogP contribution in [0.25, 0.3) is 11.0 Å². The number of amides is 1. The second-order valence-electron chi connectivity index (χ2n) is 6.93. The number of fused-ring (bicyclic) bond motifs is 1. The monoisotopic (exact) mass is 497 g/mol. The number of aromatic nitrogens is 2. The molecular formula is C22H18Cl2N3NaO3S. The van der Waals surface area contributed by atoms with Crippen molar-refractivity contribution >= 4 is 50.2 Å². The summed E-state index contributed by atoms with van der Waals surface area (Å²) in [6.45, 7) is 2.33.